The second kappa shape index (κ2) is 5.06. The lowest BCUT2D eigenvalue weighted by Crippen LogP contribution is -2.09. The number of halogens is 1. The van der Waals surface area contributed by atoms with Gasteiger partial charge in [0.1, 0.15) is 0 Å². The zero-order valence-electron chi connectivity index (χ0n) is 9.78. The molecule has 1 aromatic rings. The van der Waals surface area contributed by atoms with Crippen LogP contribution in [0.4, 0.5) is 0 Å². The molecule has 0 spiro atoms. The van der Waals surface area contributed by atoms with Crippen molar-refractivity contribution >= 4 is 25.7 Å². The topological polar surface area (TPSA) is 60.4 Å². The van der Waals surface area contributed by atoms with Crippen LogP contribution in [0.1, 0.15) is 28.4 Å². The normalized spacial score (nSPS) is 11.3. The highest BCUT2D eigenvalue weighted by molar-refractivity contribution is 8.13. The lowest BCUT2D eigenvalue weighted by atomic mass is 10.1. The summed E-state index contributed by atoms with van der Waals surface area (Å²) in [5, 5.41) is 0. The number of benzene rings is 1. The molecule has 0 N–H and O–H groups in total. The average Bonchev–Trinajstić information content (AvgIpc) is 2.15. The van der Waals surface area contributed by atoms with E-state index >= 15 is 0 Å². The lowest BCUT2D eigenvalue weighted by molar-refractivity contribution is 0.0525. The second-order valence-electron chi connectivity index (χ2n) is 3.59. The maximum atomic E-state index is 11.6. The summed E-state index contributed by atoms with van der Waals surface area (Å²) < 4.78 is 27.5. The van der Waals surface area contributed by atoms with Gasteiger partial charge in [0.05, 0.1) is 17.1 Å². The summed E-state index contributed by atoms with van der Waals surface area (Å²) in [5.41, 5.74) is 1.38. The zero-order chi connectivity index (χ0) is 13.2. The van der Waals surface area contributed by atoms with Gasteiger partial charge in [0, 0.05) is 10.7 Å². The van der Waals surface area contributed by atoms with Crippen molar-refractivity contribution < 1.29 is 17.9 Å². The van der Waals surface area contributed by atoms with Gasteiger partial charge in [-0.05, 0) is 38.0 Å². The summed E-state index contributed by atoms with van der Waals surface area (Å²) >= 11 is 0. The van der Waals surface area contributed by atoms with Crippen LogP contribution in [-0.4, -0.2) is 21.0 Å². The third-order valence-electron chi connectivity index (χ3n) is 2.28. The summed E-state index contributed by atoms with van der Waals surface area (Å²) in [6, 6.07) is 2.85. The molecule has 1 rings (SSSR count). The van der Waals surface area contributed by atoms with Crippen LogP contribution in [0.15, 0.2) is 17.0 Å². The van der Waals surface area contributed by atoms with E-state index in [2.05, 4.69) is 0 Å². The van der Waals surface area contributed by atoms with Crippen LogP contribution >= 0.6 is 10.7 Å². The average molecular weight is 277 g/mol. The highest BCUT2D eigenvalue weighted by atomic mass is 35.7. The molecule has 0 saturated heterocycles. The van der Waals surface area contributed by atoms with Gasteiger partial charge in [-0.15, -0.1) is 0 Å². The van der Waals surface area contributed by atoms with Gasteiger partial charge in [-0.2, -0.15) is 0 Å². The molecule has 0 unspecified atom stereocenters. The molecular formula is C11H13ClO4S. The molecule has 4 nitrogen and oxygen atoms in total. The molecule has 0 heterocycles. The maximum absolute atomic E-state index is 11.6. The van der Waals surface area contributed by atoms with E-state index in [1.807, 2.05) is 0 Å². The number of aryl methyl sites for hydroxylation is 2. The van der Waals surface area contributed by atoms with Gasteiger partial charge in [0.25, 0.3) is 9.05 Å². The second-order valence-corrected chi connectivity index (χ2v) is 6.13. The van der Waals surface area contributed by atoms with E-state index in [0.717, 1.165) is 0 Å². The molecule has 94 valence electrons. The van der Waals surface area contributed by atoms with Crippen molar-refractivity contribution in [1.82, 2.24) is 0 Å². The van der Waals surface area contributed by atoms with Gasteiger partial charge in [0.15, 0.2) is 0 Å². The first kappa shape index (κ1) is 14.0. The van der Waals surface area contributed by atoms with E-state index < -0.39 is 15.0 Å². The van der Waals surface area contributed by atoms with Gasteiger partial charge in [-0.1, -0.05) is 6.07 Å². The van der Waals surface area contributed by atoms with E-state index in [0.29, 0.717) is 11.1 Å². The smallest absolute Gasteiger partial charge is 0.338 e. The Bertz CT molecular complexity index is 549. The minimum atomic E-state index is -3.86. The fourth-order valence-corrected chi connectivity index (χ4v) is 2.72. The lowest BCUT2D eigenvalue weighted by Gasteiger charge is -2.09. The third kappa shape index (κ3) is 3.20. The van der Waals surface area contributed by atoms with Crippen LogP contribution in [0.5, 0.6) is 0 Å². The first-order valence-electron chi connectivity index (χ1n) is 5.00. The van der Waals surface area contributed by atoms with E-state index in [1.54, 1.807) is 26.8 Å². The number of esters is 1. The first-order valence-corrected chi connectivity index (χ1v) is 7.31. The predicted octanol–water partition coefficient (Wildman–Crippen LogP) is 2.41. The molecule has 0 bridgehead atoms. The Morgan fingerprint density at radius 2 is 1.88 bits per heavy atom. The molecule has 0 amide bonds. The zero-order valence-corrected chi connectivity index (χ0v) is 11.4. The van der Waals surface area contributed by atoms with Gasteiger partial charge >= 0.3 is 5.97 Å². The van der Waals surface area contributed by atoms with Crippen LogP contribution in [0.25, 0.3) is 0 Å². The summed E-state index contributed by atoms with van der Waals surface area (Å²) in [6.07, 6.45) is 0. The van der Waals surface area contributed by atoms with Crippen molar-refractivity contribution in [1.29, 1.82) is 0 Å². The van der Waals surface area contributed by atoms with Crippen LogP contribution < -0.4 is 0 Å². The fraction of sp³-hybridized carbons (Fsp3) is 0.364. The van der Waals surface area contributed by atoms with E-state index in [9.17, 15) is 13.2 Å². The summed E-state index contributed by atoms with van der Waals surface area (Å²) in [4.78, 5) is 11.5. The minimum Gasteiger partial charge on any atom is -0.462 e. The molecule has 1 aromatic carbocycles. The summed E-state index contributed by atoms with van der Waals surface area (Å²) in [6.45, 7) is 5.25. The Balaban J connectivity index is 3.39. The standard InChI is InChI=1S/C11H13ClO4S/c1-4-16-11(13)9-6-10(17(12,14)15)8(3)5-7(9)2/h5-6H,4H2,1-3H3. The minimum absolute atomic E-state index is 0.0622. The molecule has 6 heteroatoms. The number of ether oxygens (including phenoxy) is 1. The van der Waals surface area contributed by atoms with Gasteiger partial charge in [0.2, 0.25) is 0 Å². The van der Waals surface area contributed by atoms with Gasteiger partial charge in [-0.3, -0.25) is 0 Å². The Kier molecular flexibility index (Phi) is 4.16. The van der Waals surface area contributed by atoms with E-state index in [4.69, 9.17) is 15.4 Å². The van der Waals surface area contributed by atoms with Crippen molar-refractivity contribution in [3.63, 3.8) is 0 Å². The highest BCUT2D eigenvalue weighted by Gasteiger charge is 2.19. The van der Waals surface area contributed by atoms with Crippen LogP contribution in [0.3, 0.4) is 0 Å². The molecule has 0 aliphatic rings. The number of rotatable bonds is 3. The van der Waals surface area contributed by atoms with Gasteiger partial charge in [-0.25, -0.2) is 13.2 Å². The summed E-state index contributed by atoms with van der Waals surface area (Å²) in [5.74, 6) is -0.549. The third-order valence-corrected chi connectivity index (χ3v) is 3.74. The summed E-state index contributed by atoms with van der Waals surface area (Å²) in [7, 11) is 1.43. The molecular weight excluding hydrogens is 264 g/mol. The molecule has 0 aliphatic carbocycles. The van der Waals surface area contributed by atoms with Crippen molar-refractivity contribution in [2.24, 2.45) is 0 Å². The Morgan fingerprint density at radius 1 is 1.29 bits per heavy atom. The Hall–Kier alpha value is -1.07. The van der Waals surface area contributed by atoms with Crippen LogP contribution in [-0.2, 0) is 13.8 Å². The first-order chi connectivity index (χ1) is 7.77. The molecule has 0 aromatic heterocycles. The molecule has 17 heavy (non-hydrogen) atoms. The van der Waals surface area contributed by atoms with Crippen molar-refractivity contribution in [3.8, 4) is 0 Å². The number of carbonyl (C=O) groups excluding carboxylic acids is 1. The monoisotopic (exact) mass is 276 g/mol. The number of carbonyl (C=O) groups is 1. The van der Waals surface area contributed by atoms with E-state index in [1.165, 1.54) is 6.07 Å². The highest BCUT2D eigenvalue weighted by Crippen LogP contribution is 2.24. The Labute approximate surface area is 105 Å². The maximum Gasteiger partial charge on any atom is 0.338 e. The van der Waals surface area contributed by atoms with E-state index in [-0.39, 0.29) is 17.1 Å². The van der Waals surface area contributed by atoms with Gasteiger partial charge < -0.3 is 4.74 Å². The molecule has 0 saturated carbocycles. The number of hydrogen-bond acceptors (Lipinski definition) is 4. The van der Waals surface area contributed by atoms with Crippen molar-refractivity contribution in [2.75, 3.05) is 6.61 Å². The van der Waals surface area contributed by atoms with Crippen LogP contribution in [0.2, 0.25) is 0 Å². The molecule has 0 atom stereocenters. The molecule has 0 aliphatic heterocycles. The number of hydrogen-bond donors (Lipinski definition) is 0. The largest absolute Gasteiger partial charge is 0.462 e. The molecule has 0 radical (unpaired) electrons. The van der Waals surface area contributed by atoms with Crippen molar-refractivity contribution in [2.45, 2.75) is 25.7 Å². The molecule has 0 fully saturated rings. The SMILES string of the molecule is CCOC(=O)c1cc(S(=O)(=O)Cl)c(C)cc1C. The predicted molar refractivity (Wildman–Crippen MR) is 64.9 cm³/mol. The quantitative estimate of drug-likeness (QED) is 0.628. The fourth-order valence-electron chi connectivity index (χ4n) is 1.52. The van der Waals surface area contributed by atoms with Crippen LogP contribution in [0, 0.1) is 13.8 Å². The Morgan fingerprint density at radius 3 is 2.35 bits per heavy atom. The van der Waals surface area contributed by atoms with Crippen molar-refractivity contribution in [3.05, 3.63) is 28.8 Å².